The van der Waals surface area contributed by atoms with Gasteiger partial charge in [-0.05, 0) is 36.4 Å². The number of carboxylic acid groups (broad SMARTS) is 1. The number of aliphatic carboxylic acids is 1. The molecule has 2 aromatic carbocycles. The molecule has 0 spiro atoms. The van der Waals surface area contributed by atoms with E-state index in [0.717, 1.165) is 13.2 Å². The lowest BCUT2D eigenvalue weighted by molar-refractivity contribution is -0.134. The second-order valence-corrected chi connectivity index (χ2v) is 12.9. The summed E-state index contributed by atoms with van der Waals surface area (Å²) in [5.74, 6) is -0.889. The van der Waals surface area contributed by atoms with Crippen LogP contribution in [0.15, 0.2) is 58.3 Å². The minimum atomic E-state index is -3.98. The van der Waals surface area contributed by atoms with Crippen LogP contribution in [0.2, 0.25) is 0 Å². The molecule has 13 nitrogen and oxygen atoms in total. The number of nitrogens with one attached hydrogen (secondary N) is 1. The maximum atomic E-state index is 13.2. The number of nitrogen functional groups attached to an aromatic ring is 1. The monoisotopic (exact) mass is 581 g/mol. The normalized spacial score (nSPS) is 18.7. The van der Waals surface area contributed by atoms with E-state index < -0.39 is 31.9 Å². The minimum Gasteiger partial charge on any atom is -0.481 e. The average molecular weight is 582 g/mol. The fourth-order valence-electron chi connectivity index (χ4n) is 4.20. The largest absolute Gasteiger partial charge is 0.481 e. The van der Waals surface area contributed by atoms with Gasteiger partial charge < -0.3 is 15.6 Å². The van der Waals surface area contributed by atoms with E-state index in [4.69, 9.17) is 25.8 Å². The van der Waals surface area contributed by atoms with Gasteiger partial charge in [-0.2, -0.15) is 4.31 Å². The van der Waals surface area contributed by atoms with Crippen LogP contribution in [0.4, 0.5) is 10.5 Å². The Labute approximate surface area is 227 Å². The Morgan fingerprint density at radius 1 is 1.03 bits per heavy atom. The molecule has 0 radical (unpaired) electrons. The van der Waals surface area contributed by atoms with Gasteiger partial charge in [0, 0.05) is 57.2 Å². The van der Waals surface area contributed by atoms with E-state index in [1.165, 1.54) is 33.5 Å². The highest BCUT2D eigenvalue weighted by Gasteiger charge is 2.36. The third-order valence-corrected chi connectivity index (χ3v) is 9.26. The molecule has 0 aliphatic carbocycles. The maximum absolute atomic E-state index is 13.2. The molecule has 1 atom stereocenters. The van der Waals surface area contributed by atoms with Crippen molar-refractivity contribution < 1.29 is 36.3 Å². The van der Waals surface area contributed by atoms with Crippen LogP contribution in [0.1, 0.15) is 12.5 Å². The molecule has 4 rings (SSSR count). The topological polar surface area (TPSA) is 191 Å². The fraction of sp³-hybridized carbons (Fsp3) is 0.375. The molecule has 2 heterocycles. The Bertz CT molecular complexity index is 1430. The molecule has 15 heteroatoms. The number of carbonyl (C=O) groups excluding carboxylic acids is 1. The van der Waals surface area contributed by atoms with Crippen LogP contribution < -0.4 is 10.6 Å². The zero-order chi connectivity index (χ0) is 29.0. The van der Waals surface area contributed by atoms with Gasteiger partial charge in [-0.3, -0.25) is 20.0 Å². The molecule has 1 amide bonds. The van der Waals surface area contributed by atoms with Crippen LogP contribution in [-0.4, -0.2) is 101 Å². The molecule has 2 aliphatic heterocycles. The number of benzene rings is 2. The first-order valence-electron chi connectivity index (χ1n) is 11.8. The van der Waals surface area contributed by atoms with Gasteiger partial charge in [-0.1, -0.05) is 12.1 Å². The van der Waals surface area contributed by atoms with Gasteiger partial charge in [0.25, 0.3) is 5.97 Å². The number of rotatable bonds is 7. The van der Waals surface area contributed by atoms with Crippen molar-refractivity contribution in [1.29, 1.82) is 5.41 Å². The van der Waals surface area contributed by atoms with E-state index in [-0.39, 0.29) is 34.8 Å². The summed E-state index contributed by atoms with van der Waals surface area (Å²) in [6, 6.07) is 12.4. The number of sulfone groups is 1. The first-order chi connectivity index (χ1) is 18.2. The van der Waals surface area contributed by atoms with E-state index >= 15 is 0 Å². The van der Waals surface area contributed by atoms with Crippen LogP contribution in [0.25, 0.3) is 0 Å². The van der Waals surface area contributed by atoms with E-state index in [0.29, 0.717) is 37.4 Å². The van der Waals surface area contributed by atoms with Crippen LogP contribution in [0, 0.1) is 5.41 Å². The third-order valence-electron chi connectivity index (χ3n) is 6.02. The number of amidine groups is 1. The molecular weight excluding hydrogens is 550 g/mol. The summed E-state index contributed by atoms with van der Waals surface area (Å²) >= 11 is 0. The molecule has 1 unspecified atom stereocenters. The number of nitrogens with zero attached hydrogens (tertiary/aromatic N) is 3. The number of hydrogen-bond acceptors (Lipinski definition) is 9. The fourth-order valence-corrected chi connectivity index (χ4v) is 7.22. The number of nitrogens with two attached hydrogens (primary N) is 1. The Morgan fingerprint density at radius 2 is 1.56 bits per heavy atom. The smallest absolute Gasteiger partial charge is 0.414 e. The summed E-state index contributed by atoms with van der Waals surface area (Å²) in [6.45, 7) is 3.10. The quantitative estimate of drug-likeness (QED) is 0.311. The Morgan fingerprint density at radius 3 is 2.08 bits per heavy atom. The van der Waals surface area contributed by atoms with Gasteiger partial charge in [-0.25, -0.2) is 21.6 Å². The summed E-state index contributed by atoms with van der Waals surface area (Å²) in [7, 11) is -7.69. The van der Waals surface area contributed by atoms with Gasteiger partial charge >= 0.3 is 6.09 Å². The highest BCUT2D eigenvalue weighted by Crippen LogP contribution is 2.26. The number of ether oxygens (including phenoxy) is 1. The Kier molecular flexibility index (Phi) is 9.32. The average Bonchev–Trinajstić information content (AvgIpc) is 3.23. The zero-order valence-electron chi connectivity index (χ0n) is 21.5. The second-order valence-electron chi connectivity index (χ2n) is 9.02. The molecule has 2 aromatic rings. The second kappa shape index (κ2) is 12.1. The van der Waals surface area contributed by atoms with Crippen molar-refractivity contribution >= 4 is 43.4 Å². The summed E-state index contributed by atoms with van der Waals surface area (Å²) in [5.41, 5.74) is 6.67. The van der Waals surface area contributed by atoms with E-state index in [9.17, 15) is 21.6 Å². The molecule has 0 saturated carbocycles. The highest BCUT2D eigenvalue weighted by atomic mass is 32.2. The number of anilines is 1. The lowest BCUT2D eigenvalue weighted by Crippen LogP contribution is -2.50. The van der Waals surface area contributed by atoms with Gasteiger partial charge in [0.15, 0.2) is 9.84 Å². The lowest BCUT2D eigenvalue weighted by Gasteiger charge is -2.34. The first-order valence-corrected chi connectivity index (χ1v) is 15.2. The highest BCUT2D eigenvalue weighted by molar-refractivity contribution is 7.93. The summed E-state index contributed by atoms with van der Waals surface area (Å²) in [4.78, 5) is 24.5. The predicted molar refractivity (Wildman–Crippen MR) is 143 cm³/mol. The molecule has 4 N–H and O–H groups in total. The molecule has 0 bridgehead atoms. The minimum absolute atomic E-state index is 0.0561. The Hall–Kier alpha value is -3.53. The van der Waals surface area contributed by atoms with Gasteiger partial charge in [0.05, 0.1) is 11.4 Å². The van der Waals surface area contributed by atoms with Crippen LogP contribution in [0.3, 0.4) is 0 Å². The van der Waals surface area contributed by atoms with Crippen LogP contribution in [-0.2, 0) is 29.4 Å². The number of carbonyl (C=O) groups is 2. The number of piperazine rings is 1. The number of carboxylic acids is 1. The SMILES string of the molecule is CC(=O)O.CS(=O)(=O)c1ccccc1S(=O)(=O)N1CCN(CC2CN(c3ccc(C(=N)N)cc3)C(=O)O2)CC1. The number of sulfonamides is 1. The van der Waals surface area contributed by atoms with Crippen molar-refractivity contribution in [2.75, 3.05) is 50.4 Å². The third kappa shape index (κ3) is 7.53. The van der Waals surface area contributed by atoms with Gasteiger partial charge in [0.1, 0.15) is 16.8 Å². The van der Waals surface area contributed by atoms with Crippen molar-refractivity contribution in [3.05, 3.63) is 54.1 Å². The van der Waals surface area contributed by atoms with Crippen LogP contribution >= 0.6 is 0 Å². The van der Waals surface area contributed by atoms with Crippen molar-refractivity contribution in [1.82, 2.24) is 9.21 Å². The molecule has 2 fully saturated rings. The maximum Gasteiger partial charge on any atom is 0.414 e. The molecule has 2 aliphatic rings. The molecule has 39 heavy (non-hydrogen) atoms. The van der Waals surface area contributed by atoms with Crippen molar-refractivity contribution in [3.63, 3.8) is 0 Å². The number of hydrogen-bond donors (Lipinski definition) is 3. The predicted octanol–water partition coefficient (Wildman–Crippen LogP) is 0.797. The first kappa shape index (κ1) is 30.0. The molecule has 212 valence electrons. The van der Waals surface area contributed by atoms with E-state index in [1.54, 1.807) is 24.3 Å². The van der Waals surface area contributed by atoms with Crippen molar-refractivity contribution in [2.24, 2.45) is 5.73 Å². The molecular formula is C24H31N5O8S2. The van der Waals surface area contributed by atoms with E-state index in [1.807, 2.05) is 4.90 Å². The molecule has 0 aromatic heterocycles. The van der Waals surface area contributed by atoms with Gasteiger partial charge in [0.2, 0.25) is 10.0 Å². The van der Waals surface area contributed by atoms with Crippen molar-refractivity contribution in [3.8, 4) is 0 Å². The number of cyclic esters (lactones) is 1. The van der Waals surface area contributed by atoms with Gasteiger partial charge in [-0.15, -0.1) is 0 Å². The standard InChI is InChI=1S/C22H27N5O6S2.C2H4O2/c1-34(29,30)19-4-2-3-5-20(19)35(31,32)26-12-10-25(11-13-26)14-18-15-27(22(28)33-18)17-8-6-16(7-9-17)21(23)24;1-2(3)4/h2-9,18H,10-15H2,1H3,(H3,23,24);1H3,(H,3,4). The lowest BCUT2D eigenvalue weighted by atomic mass is 10.2. The summed E-state index contributed by atoms with van der Waals surface area (Å²) in [6.07, 6.45) is 0.136. The van der Waals surface area contributed by atoms with Crippen LogP contribution in [0.5, 0.6) is 0 Å². The zero-order valence-corrected chi connectivity index (χ0v) is 23.1. The Balaban J connectivity index is 0.000000983. The van der Waals surface area contributed by atoms with E-state index in [2.05, 4.69) is 0 Å². The number of amides is 1. The summed E-state index contributed by atoms with van der Waals surface area (Å²) in [5, 5.41) is 14.9. The molecule has 2 saturated heterocycles. The summed E-state index contributed by atoms with van der Waals surface area (Å²) < 4.78 is 57.3. The van der Waals surface area contributed by atoms with Crippen molar-refractivity contribution in [2.45, 2.75) is 22.8 Å².